The molecule has 1 fully saturated rings. The van der Waals surface area contributed by atoms with E-state index in [0.717, 1.165) is 5.56 Å². The Hall–Kier alpha value is -1.62. The van der Waals surface area contributed by atoms with Crippen molar-refractivity contribution in [3.63, 3.8) is 0 Å². The molecule has 134 valence electrons. The lowest BCUT2D eigenvalue weighted by Crippen LogP contribution is -2.40. The van der Waals surface area contributed by atoms with E-state index in [-0.39, 0.29) is 29.3 Å². The smallest absolute Gasteiger partial charge is 0.312 e. The van der Waals surface area contributed by atoms with E-state index >= 15 is 0 Å². The number of carbonyl (C=O) groups excluding carboxylic acids is 1. The third-order valence-electron chi connectivity index (χ3n) is 5.32. The molecule has 1 saturated heterocycles. The highest BCUT2D eigenvalue weighted by molar-refractivity contribution is 5.77. The summed E-state index contributed by atoms with van der Waals surface area (Å²) in [6.07, 6.45) is 0.378. The molecule has 0 amide bonds. The van der Waals surface area contributed by atoms with Gasteiger partial charge in [0.05, 0.1) is 12.5 Å². The maximum atomic E-state index is 13.6. The van der Waals surface area contributed by atoms with Crippen LogP contribution in [0.4, 0.5) is 4.39 Å². The van der Waals surface area contributed by atoms with Gasteiger partial charge in [0.2, 0.25) is 0 Å². The first-order valence-corrected chi connectivity index (χ1v) is 8.34. The Labute approximate surface area is 143 Å². The second-order valence-electron chi connectivity index (χ2n) is 7.99. The van der Waals surface area contributed by atoms with Crippen molar-refractivity contribution in [2.75, 3.05) is 13.7 Å². The van der Waals surface area contributed by atoms with E-state index in [1.165, 1.54) is 12.1 Å². The van der Waals surface area contributed by atoms with E-state index in [1.807, 2.05) is 34.6 Å². The number of hydrogen-bond donors (Lipinski definition) is 1. The number of benzene rings is 1. The van der Waals surface area contributed by atoms with E-state index in [9.17, 15) is 9.18 Å². The van der Waals surface area contributed by atoms with Crippen molar-refractivity contribution in [3.05, 3.63) is 29.6 Å². The second-order valence-corrected chi connectivity index (χ2v) is 7.99. The quantitative estimate of drug-likeness (QED) is 0.848. The summed E-state index contributed by atoms with van der Waals surface area (Å²) in [5.74, 6) is 0.131. The maximum Gasteiger partial charge on any atom is 0.312 e. The van der Waals surface area contributed by atoms with Gasteiger partial charge in [-0.1, -0.05) is 20.8 Å². The predicted molar refractivity (Wildman–Crippen MR) is 91.4 cm³/mol. The lowest BCUT2D eigenvalue weighted by Gasteiger charge is -2.36. The average Bonchev–Trinajstić information content (AvgIpc) is 2.94. The van der Waals surface area contributed by atoms with Gasteiger partial charge in [-0.15, -0.1) is 0 Å². The largest absolute Gasteiger partial charge is 0.496 e. The first-order chi connectivity index (χ1) is 11.1. The highest BCUT2D eigenvalue weighted by Gasteiger charge is 2.43. The fraction of sp³-hybridized carbons (Fsp3) is 0.632. The third kappa shape index (κ3) is 3.72. The van der Waals surface area contributed by atoms with E-state index in [0.29, 0.717) is 18.7 Å². The molecule has 4 nitrogen and oxygen atoms in total. The predicted octanol–water partition coefficient (Wildman–Crippen LogP) is 3.85. The highest BCUT2D eigenvalue weighted by Crippen LogP contribution is 2.40. The number of halogens is 1. The Morgan fingerprint density at radius 1 is 1.25 bits per heavy atom. The van der Waals surface area contributed by atoms with Crippen molar-refractivity contribution >= 4 is 5.97 Å². The fourth-order valence-electron chi connectivity index (χ4n) is 2.61. The van der Waals surface area contributed by atoms with E-state index in [1.54, 1.807) is 13.2 Å². The molecule has 5 heteroatoms. The van der Waals surface area contributed by atoms with Crippen molar-refractivity contribution in [2.24, 2.45) is 10.8 Å². The van der Waals surface area contributed by atoms with Gasteiger partial charge in [0.25, 0.3) is 0 Å². The Balaban J connectivity index is 2.06. The first kappa shape index (κ1) is 18.7. The van der Waals surface area contributed by atoms with Crippen molar-refractivity contribution in [1.82, 2.24) is 5.32 Å². The number of carbonyl (C=O) groups is 1. The Morgan fingerprint density at radius 3 is 2.50 bits per heavy atom. The summed E-state index contributed by atoms with van der Waals surface area (Å²) in [5.41, 5.74) is -0.0192. The molecule has 24 heavy (non-hydrogen) atoms. The van der Waals surface area contributed by atoms with Crippen LogP contribution in [-0.4, -0.2) is 25.7 Å². The van der Waals surface area contributed by atoms with Gasteiger partial charge in [0.1, 0.15) is 17.7 Å². The molecule has 0 spiro atoms. The van der Waals surface area contributed by atoms with Crippen molar-refractivity contribution in [3.8, 4) is 5.75 Å². The summed E-state index contributed by atoms with van der Waals surface area (Å²) >= 11 is 0. The van der Waals surface area contributed by atoms with Crippen LogP contribution in [0.5, 0.6) is 5.75 Å². The van der Waals surface area contributed by atoms with Crippen LogP contribution in [0.1, 0.15) is 52.6 Å². The molecule has 0 bridgehead atoms. The van der Waals surface area contributed by atoms with E-state index in [4.69, 9.17) is 9.47 Å². The van der Waals surface area contributed by atoms with Gasteiger partial charge in [-0.25, -0.2) is 4.39 Å². The third-order valence-corrected chi connectivity index (χ3v) is 5.32. The zero-order valence-corrected chi connectivity index (χ0v) is 15.4. The molecule has 1 aromatic carbocycles. The summed E-state index contributed by atoms with van der Waals surface area (Å²) in [6, 6.07) is 4.38. The van der Waals surface area contributed by atoms with Crippen molar-refractivity contribution in [1.29, 1.82) is 0 Å². The van der Waals surface area contributed by atoms with Gasteiger partial charge in [-0.2, -0.15) is 0 Å². The number of hydrogen-bond acceptors (Lipinski definition) is 4. The van der Waals surface area contributed by atoms with Crippen molar-refractivity contribution in [2.45, 2.75) is 53.2 Å². The minimum absolute atomic E-state index is 0.0915. The summed E-state index contributed by atoms with van der Waals surface area (Å²) in [7, 11) is 1.56. The molecule has 0 aliphatic carbocycles. The molecular weight excluding hydrogens is 309 g/mol. The zero-order valence-electron chi connectivity index (χ0n) is 15.4. The minimum Gasteiger partial charge on any atom is -0.496 e. The van der Waals surface area contributed by atoms with Crippen molar-refractivity contribution < 1.29 is 18.7 Å². The second kappa shape index (κ2) is 6.71. The topological polar surface area (TPSA) is 47.6 Å². The standard InChI is InChI=1S/C19H28FNO3/c1-18(2,3)19(4,5)17(22)24-13-10-15(21-11-13)14-9-12(20)7-8-16(14)23-6/h7-9,13,15,21H,10-11H2,1-6H3/t13?,15-/m1/s1. The lowest BCUT2D eigenvalue weighted by molar-refractivity contribution is -0.165. The number of nitrogens with one attached hydrogen (secondary N) is 1. The molecule has 1 aliphatic rings. The van der Waals surface area contributed by atoms with Gasteiger partial charge >= 0.3 is 5.97 Å². The Kier molecular flexibility index (Phi) is 5.23. The Morgan fingerprint density at radius 2 is 1.92 bits per heavy atom. The SMILES string of the molecule is COc1ccc(F)cc1[C@H]1CC(OC(=O)C(C)(C)C(C)(C)C)CN1. The fourth-order valence-corrected chi connectivity index (χ4v) is 2.61. The van der Waals surface area contributed by atoms with Gasteiger partial charge in [0.15, 0.2) is 0 Å². The van der Waals surface area contributed by atoms with Crippen LogP contribution in [0.2, 0.25) is 0 Å². The van der Waals surface area contributed by atoms with Gasteiger partial charge in [-0.05, 0) is 37.5 Å². The maximum absolute atomic E-state index is 13.6. The number of methoxy groups -OCH3 is 1. The lowest BCUT2D eigenvalue weighted by atomic mass is 9.69. The van der Waals surface area contributed by atoms with Gasteiger partial charge < -0.3 is 14.8 Å². The van der Waals surface area contributed by atoms with Crippen LogP contribution >= 0.6 is 0 Å². The van der Waals surface area contributed by atoms with Gasteiger partial charge in [-0.3, -0.25) is 4.79 Å². The molecule has 2 atom stereocenters. The van der Waals surface area contributed by atoms with Crippen LogP contribution in [0.15, 0.2) is 18.2 Å². The molecule has 0 radical (unpaired) electrons. The average molecular weight is 337 g/mol. The molecule has 0 saturated carbocycles. The molecule has 1 unspecified atom stereocenters. The zero-order chi connectivity index (χ0) is 18.1. The number of esters is 1. The molecule has 1 aromatic rings. The molecule has 1 heterocycles. The Bertz CT molecular complexity index is 607. The molecule has 2 rings (SSSR count). The van der Waals surface area contributed by atoms with E-state index < -0.39 is 5.41 Å². The number of rotatable bonds is 4. The van der Waals surface area contributed by atoms with Gasteiger partial charge in [0, 0.05) is 24.6 Å². The monoisotopic (exact) mass is 337 g/mol. The van der Waals surface area contributed by atoms with Crippen LogP contribution in [0.25, 0.3) is 0 Å². The summed E-state index contributed by atoms with van der Waals surface area (Å²) in [5, 5.41) is 3.30. The van der Waals surface area contributed by atoms with Crippen LogP contribution < -0.4 is 10.1 Å². The van der Waals surface area contributed by atoms with Crippen LogP contribution in [0.3, 0.4) is 0 Å². The molecule has 0 aromatic heterocycles. The normalized spacial score (nSPS) is 21.6. The van der Waals surface area contributed by atoms with Crippen LogP contribution in [-0.2, 0) is 9.53 Å². The summed E-state index contributed by atoms with van der Waals surface area (Å²) in [6.45, 7) is 10.5. The van der Waals surface area contributed by atoms with Crippen LogP contribution in [0, 0.1) is 16.6 Å². The highest BCUT2D eigenvalue weighted by atomic mass is 19.1. The first-order valence-electron chi connectivity index (χ1n) is 8.34. The molecular formula is C19H28FNO3. The van der Waals surface area contributed by atoms with E-state index in [2.05, 4.69) is 5.32 Å². The summed E-state index contributed by atoms with van der Waals surface area (Å²) < 4.78 is 24.6. The number of ether oxygens (including phenoxy) is 2. The molecule has 1 N–H and O–H groups in total. The summed E-state index contributed by atoms with van der Waals surface area (Å²) in [4.78, 5) is 12.6. The molecule has 1 aliphatic heterocycles. The minimum atomic E-state index is -0.582.